The maximum absolute atomic E-state index is 2.41. The first kappa shape index (κ1) is 35.3. The van der Waals surface area contributed by atoms with E-state index in [1.54, 1.807) is 0 Å². The molecule has 0 amide bonds. The monoisotopic (exact) mass is 744 g/mol. The number of aromatic nitrogens is 1. The van der Waals surface area contributed by atoms with Crippen molar-refractivity contribution in [3.8, 4) is 50.2 Å². The first-order valence-corrected chi connectivity index (χ1v) is 20.3. The zero-order valence-electron chi connectivity index (χ0n) is 32.9. The van der Waals surface area contributed by atoms with Gasteiger partial charge in [-0.25, -0.2) is 0 Å². The van der Waals surface area contributed by atoms with Crippen molar-refractivity contribution in [1.82, 2.24) is 4.57 Å². The summed E-state index contributed by atoms with van der Waals surface area (Å²) in [5.74, 6) is 0.603. The van der Waals surface area contributed by atoms with Gasteiger partial charge < -0.3 is 9.47 Å². The van der Waals surface area contributed by atoms with Crippen molar-refractivity contribution < 1.29 is 0 Å². The minimum absolute atomic E-state index is 0.603. The second-order valence-corrected chi connectivity index (χ2v) is 15.5. The molecule has 1 aliphatic carbocycles. The highest BCUT2D eigenvalue weighted by molar-refractivity contribution is 6.10. The molecule has 2 nitrogen and oxygen atoms in total. The Hall–Kier alpha value is -7.16. The third-order valence-corrected chi connectivity index (χ3v) is 11.7. The lowest BCUT2D eigenvalue weighted by Gasteiger charge is -2.25. The molecule has 1 aromatic heterocycles. The van der Waals surface area contributed by atoms with E-state index >= 15 is 0 Å². The van der Waals surface area contributed by atoms with Crippen molar-refractivity contribution in [2.75, 3.05) is 11.9 Å². The standard InChI is InChI=1S/C56H44N2/c1-39-22-24-42(25-23-39)43-26-30-49(31-27-43)58-55-21-13-12-20-51(55)53-38-46(29-33-56(53)58)45-28-32-54(52(37-45)44-18-10-5-11-19-44)57(2)50-35-47(40-14-6-3-7-15-40)34-48(36-50)41-16-8-4-9-17-41/h3-22,24-39H,23H2,1-2H3. The molecule has 8 aromatic carbocycles. The van der Waals surface area contributed by atoms with Crippen LogP contribution in [0.3, 0.4) is 0 Å². The summed E-state index contributed by atoms with van der Waals surface area (Å²) in [4.78, 5) is 2.34. The van der Waals surface area contributed by atoms with E-state index in [1.807, 2.05) is 0 Å². The predicted octanol–water partition coefficient (Wildman–Crippen LogP) is 15.2. The first-order chi connectivity index (χ1) is 28.6. The number of allylic oxidation sites excluding steroid dienone is 4. The van der Waals surface area contributed by atoms with E-state index in [0.29, 0.717) is 5.92 Å². The van der Waals surface area contributed by atoms with Gasteiger partial charge in [-0.15, -0.1) is 0 Å². The fourth-order valence-electron chi connectivity index (χ4n) is 8.57. The summed E-state index contributed by atoms with van der Waals surface area (Å²) in [6.07, 6.45) is 8.03. The number of para-hydroxylation sites is 1. The van der Waals surface area contributed by atoms with Crippen molar-refractivity contribution >= 4 is 38.8 Å². The normalized spacial score (nSPS) is 13.8. The molecule has 1 aliphatic rings. The van der Waals surface area contributed by atoms with Crippen LogP contribution in [0.4, 0.5) is 11.4 Å². The van der Waals surface area contributed by atoms with Gasteiger partial charge in [0.25, 0.3) is 0 Å². The molecule has 1 heterocycles. The lowest BCUT2D eigenvalue weighted by molar-refractivity contribution is 0.739. The summed E-state index contributed by atoms with van der Waals surface area (Å²) >= 11 is 0. The predicted molar refractivity (Wildman–Crippen MR) is 248 cm³/mol. The molecule has 0 N–H and O–H groups in total. The number of hydrogen-bond acceptors (Lipinski definition) is 1. The van der Waals surface area contributed by atoms with Gasteiger partial charge in [0.05, 0.1) is 11.0 Å². The molecule has 9 aromatic rings. The van der Waals surface area contributed by atoms with Gasteiger partial charge >= 0.3 is 0 Å². The van der Waals surface area contributed by atoms with Gasteiger partial charge in [0.2, 0.25) is 0 Å². The first-order valence-electron chi connectivity index (χ1n) is 20.3. The molecule has 2 heteroatoms. The second-order valence-electron chi connectivity index (χ2n) is 15.5. The highest BCUT2D eigenvalue weighted by Gasteiger charge is 2.18. The minimum Gasteiger partial charge on any atom is -0.344 e. The van der Waals surface area contributed by atoms with Crippen LogP contribution in [0.5, 0.6) is 0 Å². The van der Waals surface area contributed by atoms with Crippen LogP contribution in [-0.4, -0.2) is 11.6 Å². The Kier molecular flexibility index (Phi) is 9.16. The van der Waals surface area contributed by atoms with E-state index < -0.39 is 0 Å². The van der Waals surface area contributed by atoms with Gasteiger partial charge in [-0.1, -0.05) is 159 Å². The molecule has 0 aliphatic heterocycles. The molecule has 0 fully saturated rings. The van der Waals surface area contributed by atoms with E-state index in [2.05, 4.69) is 236 Å². The molecular formula is C56H44N2. The Morgan fingerprint density at radius 1 is 0.466 bits per heavy atom. The Labute approximate surface area is 341 Å². The molecule has 1 atom stereocenters. The number of anilines is 2. The molecule has 58 heavy (non-hydrogen) atoms. The minimum atomic E-state index is 0.603. The van der Waals surface area contributed by atoms with Gasteiger partial charge in [-0.2, -0.15) is 0 Å². The van der Waals surface area contributed by atoms with Gasteiger partial charge in [-0.05, 0) is 123 Å². The van der Waals surface area contributed by atoms with E-state index in [0.717, 1.165) is 17.8 Å². The zero-order chi connectivity index (χ0) is 39.0. The highest BCUT2D eigenvalue weighted by atomic mass is 15.1. The maximum Gasteiger partial charge on any atom is 0.0541 e. The van der Waals surface area contributed by atoms with Crippen LogP contribution in [0, 0.1) is 5.92 Å². The van der Waals surface area contributed by atoms with Crippen LogP contribution in [0.2, 0.25) is 0 Å². The van der Waals surface area contributed by atoms with Gasteiger partial charge in [-0.3, -0.25) is 0 Å². The lowest BCUT2D eigenvalue weighted by atomic mass is 9.94. The number of rotatable bonds is 8. The lowest BCUT2D eigenvalue weighted by Crippen LogP contribution is -2.11. The van der Waals surface area contributed by atoms with Crippen LogP contribution in [0.25, 0.3) is 77.6 Å². The Balaban J connectivity index is 1.07. The van der Waals surface area contributed by atoms with E-state index in [1.165, 1.54) is 83.1 Å². The largest absolute Gasteiger partial charge is 0.344 e. The molecule has 1 unspecified atom stereocenters. The summed E-state index contributed by atoms with van der Waals surface area (Å²) in [5.41, 5.74) is 18.0. The molecule has 0 bridgehead atoms. The molecule has 0 saturated carbocycles. The Morgan fingerprint density at radius 3 is 1.69 bits per heavy atom. The molecule has 278 valence electrons. The average molecular weight is 745 g/mol. The summed E-state index contributed by atoms with van der Waals surface area (Å²) < 4.78 is 2.41. The number of fused-ring (bicyclic) bond motifs is 3. The third-order valence-electron chi connectivity index (χ3n) is 11.7. The van der Waals surface area contributed by atoms with Crippen LogP contribution in [0.1, 0.15) is 18.9 Å². The SMILES string of the molecule is CC1C=CC(c2ccc(-n3c4ccccc4c4cc(-c5ccc(N(C)c6cc(-c7ccccc7)cc(-c7ccccc7)c6)c(-c6ccccc6)c5)ccc43)cc2)=CC1. The number of hydrogen-bond donors (Lipinski definition) is 0. The molecule has 0 radical (unpaired) electrons. The van der Waals surface area contributed by atoms with Gasteiger partial charge in [0.1, 0.15) is 0 Å². The summed E-state index contributed by atoms with van der Waals surface area (Å²) in [6, 6.07) is 70.8. The molecule has 0 saturated heterocycles. The number of nitrogens with zero attached hydrogens (tertiary/aromatic N) is 2. The van der Waals surface area contributed by atoms with E-state index in [9.17, 15) is 0 Å². The summed E-state index contributed by atoms with van der Waals surface area (Å²) in [7, 11) is 2.19. The van der Waals surface area contributed by atoms with Gasteiger partial charge in [0.15, 0.2) is 0 Å². The third kappa shape index (κ3) is 6.63. The summed E-state index contributed by atoms with van der Waals surface area (Å²) in [6.45, 7) is 2.27. The average Bonchev–Trinajstić information content (AvgIpc) is 3.63. The van der Waals surface area contributed by atoms with Crippen LogP contribution in [0.15, 0.2) is 212 Å². The van der Waals surface area contributed by atoms with E-state index in [-0.39, 0.29) is 0 Å². The Bertz CT molecular complexity index is 2910. The summed E-state index contributed by atoms with van der Waals surface area (Å²) in [5, 5.41) is 2.50. The maximum atomic E-state index is 2.41. The topological polar surface area (TPSA) is 8.17 Å². The molecule has 10 rings (SSSR count). The fourth-order valence-corrected chi connectivity index (χ4v) is 8.57. The van der Waals surface area contributed by atoms with Crippen molar-refractivity contribution in [2.45, 2.75) is 13.3 Å². The Morgan fingerprint density at radius 2 is 1.03 bits per heavy atom. The van der Waals surface area contributed by atoms with Crippen molar-refractivity contribution in [2.24, 2.45) is 5.92 Å². The number of benzene rings is 8. The van der Waals surface area contributed by atoms with Crippen molar-refractivity contribution in [3.63, 3.8) is 0 Å². The molecule has 0 spiro atoms. The van der Waals surface area contributed by atoms with Crippen LogP contribution < -0.4 is 4.90 Å². The van der Waals surface area contributed by atoms with Crippen LogP contribution >= 0.6 is 0 Å². The fraction of sp³-hybridized carbons (Fsp3) is 0.0714. The van der Waals surface area contributed by atoms with E-state index in [4.69, 9.17) is 0 Å². The van der Waals surface area contributed by atoms with Crippen LogP contribution in [-0.2, 0) is 0 Å². The quantitative estimate of drug-likeness (QED) is 0.150. The highest BCUT2D eigenvalue weighted by Crippen LogP contribution is 2.42. The van der Waals surface area contributed by atoms with Crippen molar-refractivity contribution in [1.29, 1.82) is 0 Å². The second kappa shape index (κ2) is 15.1. The van der Waals surface area contributed by atoms with Gasteiger partial charge in [0, 0.05) is 40.4 Å². The zero-order valence-corrected chi connectivity index (χ0v) is 32.9. The van der Waals surface area contributed by atoms with Crippen molar-refractivity contribution in [3.05, 3.63) is 218 Å². The molecular weight excluding hydrogens is 701 g/mol. The smallest absolute Gasteiger partial charge is 0.0541 e.